The van der Waals surface area contributed by atoms with Gasteiger partial charge in [0.15, 0.2) is 11.6 Å². The van der Waals surface area contributed by atoms with E-state index in [1.807, 2.05) is 0 Å². The summed E-state index contributed by atoms with van der Waals surface area (Å²) in [5.41, 5.74) is 0.371. The maximum atomic E-state index is 13.0. The number of nitrogens with one attached hydrogen (secondary N) is 1. The molecule has 0 saturated carbocycles. The molecular weight excluding hydrogens is 264 g/mol. The van der Waals surface area contributed by atoms with Gasteiger partial charge in [-0.25, -0.2) is 8.78 Å². The summed E-state index contributed by atoms with van der Waals surface area (Å²) < 4.78 is 31.2. The molecule has 1 aromatic rings. The van der Waals surface area contributed by atoms with Crippen molar-refractivity contribution < 1.29 is 18.6 Å². The molecule has 1 rings (SSSR count). The van der Waals surface area contributed by atoms with Crippen LogP contribution in [0.5, 0.6) is 0 Å². The Hall–Kier alpha value is -1.04. The molecule has 0 aliphatic heterocycles. The Morgan fingerprint density at radius 2 is 1.95 bits per heavy atom. The molecule has 0 aromatic heterocycles. The smallest absolute Gasteiger partial charge is 0.159 e. The fourth-order valence-electron chi connectivity index (χ4n) is 1.72. The number of rotatable bonds is 10. The van der Waals surface area contributed by atoms with Crippen molar-refractivity contribution in [3.05, 3.63) is 35.4 Å². The lowest BCUT2D eigenvalue weighted by atomic mass is 10.1. The molecule has 2 N–H and O–H groups in total. The average molecular weight is 287 g/mol. The van der Waals surface area contributed by atoms with Gasteiger partial charge >= 0.3 is 0 Å². The molecule has 114 valence electrons. The predicted molar refractivity (Wildman–Crippen MR) is 74.5 cm³/mol. The number of aliphatic hydroxyl groups excluding tert-OH is 1. The highest BCUT2D eigenvalue weighted by Crippen LogP contribution is 2.15. The van der Waals surface area contributed by atoms with E-state index in [0.717, 1.165) is 38.0 Å². The van der Waals surface area contributed by atoms with Crippen molar-refractivity contribution in [2.24, 2.45) is 0 Å². The van der Waals surface area contributed by atoms with Crippen molar-refractivity contribution in [3.8, 4) is 0 Å². The third-order valence-corrected chi connectivity index (χ3v) is 2.95. The summed E-state index contributed by atoms with van der Waals surface area (Å²) in [5, 5.41) is 12.9. The minimum absolute atomic E-state index is 0.306. The maximum Gasteiger partial charge on any atom is 0.159 e. The summed E-state index contributed by atoms with van der Waals surface area (Å²) in [6.07, 6.45) is 2.21. The number of ether oxygens (including phenoxy) is 1. The Balaban J connectivity index is 2.13. The lowest BCUT2D eigenvalue weighted by Crippen LogP contribution is -2.23. The lowest BCUT2D eigenvalue weighted by Gasteiger charge is -2.12. The second kappa shape index (κ2) is 9.80. The molecule has 0 aliphatic carbocycles. The molecule has 0 heterocycles. The first kappa shape index (κ1) is 17.0. The third kappa shape index (κ3) is 6.41. The molecule has 0 fully saturated rings. The monoisotopic (exact) mass is 287 g/mol. The minimum Gasteiger partial charge on any atom is -0.387 e. The van der Waals surface area contributed by atoms with E-state index >= 15 is 0 Å². The summed E-state index contributed by atoms with van der Waals surface area (Å²) in [4.78, 5) is 0. The van der Waals surface area contributed by atoms with E-state index in [2.05, 4.69) is 12.2 Å². The molecule has 0 bridgehead atoms. The SMILES string of the molecule is CCCCOCCCNCC(O)c1ccc(F)c(F)c1. The molecule has 1 aromatic carbocycles. The largest absolute Gasteiger partial charge is 0.387 e. The third-order valence-electron chi connectivity index (χ3n) is 2.95. The van der Waals surface area contributed by atoms with Gasteiger partial charge in [0.25, 0.3) is 0 Å². The second-order valence-electron chi connectivity index (χ2n) is 4.71. The standard InChI is InChI=1S/C15H23F2NO2/c1-2-3-8-20-9-4-7-18-11-15(19)12-5-6-13(16)14(17)10-12/h5-6,10,15,18-19H,2-4,7-9,11H2,1H3. The van der Waals surface area contributed by atoms with E-state index in [9.17, 15) is 13.9 Å². The Bertz CT molecular complexity index is 388. The number of hydrogen-bond donors (Lipinski definition) is 2. The molecule has 1 atom stereocenters. The topological polar surface area (TPSA) is 41.5 Å². The fourth-order valence-corrected chi connectivity index (χ4v) is 1.72. The summed E-state index contributed by atoms with van der Waals surface area (Å²) in [5.74, 6) is -1.84. The maximum absolute atomic E-state index is 13.0. The van der Waals surface area contributed by atoms with Gasteiger partial charge in [0.05, 0.1) is 6.10 Å². The van der Waals surface area contributed by atoms with Crippen molar-refractivity contribution in [1.82, 2.24) is 5.32 Å². The zero-order chi connectivity index (χ0) is 14.8. The zero-order valence-corrected chi connectivity index (χ0v) is 11.9. The van der Waals surface area contributed by atoms with Crippen LogP contribution in [0.1, 0.15) is 37.9 Å². The molecule has 0 aliphatic rings. The van der Waals surface area contributed by atoms with Crippen LogP contribution in [0, 0.1) is 11.6 Å². The van der Waals surface area contributed by atoms with Gasteiger partial charge in [0.2, 0.25) is 0 Å². The van der Waals surface area contributed by atoms with Gasteiger partial charge in [0.1, 0.15) is 0 Å². The minimum atomic E-state index is -0.939. The number of benzene rings is 1. The first-order valence-electron chi connectivity index (χ1n) is 7.06. The van der Waals surface area contributed by atoms with E-state index < -0.39 is 17.7 Å². The normalized spacial score (nSPS) is 12.6. The number of unbranched alkanes of at least 4 members (excludes halogenated alkanes) is 1. The Morgan fingerprint density at radius 3 is 2.65 bits per heavy atom. The lowest BCUT2D eigenvalue weighted by molar-refractivity contribution is 0.126. The van der Waals surface area contributed by atoms with Gasteiger partial charge < -0.3 is 15.2 Å². The number of aliphatic hydroxyl groups is 1. The molecular formula is C15H23F2NO2. The molecule has 3 nitrogen and oxygen atoms in total. The van der Waals surface area contributed by atoms with Crippen LogP contribution in [-0.4, -0.2) is 31.4 Å². The van der Waals surface area contributed by atoms with Crippen LogP contribution < -0.4 is 5.32 Å². The van der Waals surface area contributed by atoms with E-state index in [-0.39, 0.29) is 0 Å². The van der Waals surface area contributed by atoms with Gasteiger partial charge in [-0.1, -0.05) is 19.4 Å². The number of halogens is 2. The van der Waals surface area contributed by atoms with Gasteiger partial charge in [-0.3, -0.25) is 0 Å². The van der Waals surface area contributed by atoms with Crippen LogP contribution in [0.4, 0.5) is 8.78 Å². The molecule has 0 spiro atoms. The molecule has 1 unspecified atom stereocenters. The molecule has 0 saturated heterocycles. The van der Waals surface area contributed by atoms with Gasteiger partial charge in [-0.2, -0.15) is 0 Å². The Kier molecular flexibility index (Phi) is 8.34. The van der Waals surface area contributed by atoms with Crippen molar-refractivity contribution in [1.29, 1.82) is 0 Å². The summed E-state index contributed by atoms with van der Waals surface area (Å²) in [6, 6.07) is 3.43. The molecule has 5 heteroatoms. The van der Waals surface area contributed by atoms with Gasteiger partial charge in [-0.05, 0) is 37.1 Å². The van der Waals surface area contributed by atoms with E-state index in [1.54, 1.807) is 0 Å². The van der Waals surface area contributed by atoms with E-state index in [1.165, 1.54) is 6.07 Å². The molecule has 0 amide bonds. The van der Waals surface area contributed by atoms with E-state index in [0.29, 0.717) is 25.3 Å². The second-order valence-corrected chi connectivity index (χ2v) is 4.71. The van der Waals surface area contributed by atoms with Gasteiger partial charge in [0, 0.05) is 19.8 Å². The first-order chi connectivity index (χ1) is 9.65. The van der Waals surface area contributed by atoms with Gasteiger partial charge in [-0.15, -0.1) is 0 Å². The molecule has 20 heavy (non-hydrogen) atoms. The van der Waals surface area contributed by atoms with Crippen LogP contribution in [0.15, 0.2) is 18.2 Å². The first-order valence-corrected chi connectivity index (χ1v) is 7.06. The predicted octanol–water partition coefficient (Wildman–Crippen LogP) is 2.79. The van der Waals surface area contributed by atoms with E-state index in [4.69, 9.17) is 4.74 Å². The quantitative estimate of drug-likeness (QED) is 0.650. The highest BCUT2D eigenvalue weighted by molar-refractivity contribution is 5.20. The van der Waals surface area contributed by atoms with Crippen molar-refractivity contribution in [2.45, 2.75) is 32.3 Å². The Labute approximate surface area is 119 Å². The summed E-state index contributed by atoms with van der Waals surface area (Å²) in [7, 11) is 0. The molecule has 0 radical (unpaired) electrons. The van der Waals surface area contributed by atoms with Crippen LogP contribution >= 0.6 is 0 Å². The van der Waals surface area contributed by atoms with Crippen LogP contribution in [0.2, 0.25) is 0 Å². The van der Waals surface area contributed by atoms with Crippen molar-refractivity contribution in [3.63, 3.8) is 0 Å². The van der Waals surface area contributed by atoms with Crippen LogP contribution in [0.3, 0.4) is 0 Å². The summed E-state index contributed by atoms with van der Waals surface area (Å²) >= 11 is 0. The van der Waals surface area contributed by atoms with Crippen LogP contribution in [-0.2, 0) is 4.74 Å². The zero-order valence-electron chi connectivity index (χ0n) is 11.9. The van der Waals surface area contributed by atoms with Crippen molar-refractivity contribution in [2.75, 3.05) is 26.3 Å². The number of hydrogen-bond acceptors (Lipinski definition) is 3. The average Bonchev–Trinajstić information content (AvgIpc) is 2.44. The Morgan fingerprint density at radius 1 is 1.20 bits per heavy atom. The van der Waals surface area contributed by atoms with Crippen molar-refractivity contribution >= 4 is 0 Å². The summed E-state index contributed by atoms with van der Waals surface area (Å²) in [6.45, 7) is 4.61. The highest BCUT2D eigenvalue weighted by atomic mass is 19.2. The van der Waals surface area contributed by atoms with Crippen LogP contribution in [0.25, 0.3) is 0 Å². The highest BCUT2D eigenvalue weighted by Gasteiger charge is 2.10. The fraction of sp³-hybridized carbons (Fsp3) is 0.600.